The number of hydrogen-bond acceptors (Lipinski definition) is 2. The molecule has 3 heterocycles. The minimum atomic E-state index is 0.0296. The lowest BCUT2D eigenvalue weighted by Crippen LogP contribution is -2.31. The van der Waals surface area contributed by atoms with Gasteiger partial charge >= 0.3 is 0 Å². The molecule has 1 N–H and O–H groups in total. The van der Waals surface area contributed by atoms with Crippen molar-refractivity contribution in [3.05, 3.63) is 83.9 Å². The summed E-state index contributed by atoms with van der Waals surface area (Å²) >= 11 is 5.70. The van der Waals surface area contributed by atoms with Gasteiger partial charge in [0.15, 0.2) is 5.11 Å². The zero-order valence-electron chi connectivity index (χ0n) is 15.7. The molecule has 0 unspecified atom stereocenters. The van der Waals surface area contributed by atoms with Gasteiger partial charge in [-0.15, -0.1) is 0 Å². The minimum absolute atomic E-state index is 0.0296. The highest BCUT2D eigenvalue weighted by molar-refractivity contribution is 7.80. The average Bonchev–Trinajstić information content (AvgIpc) is 3.23. The number of nitrogens with one attached hydrogen (secondary N) is 1. The maximum Gasteiger partial charge on any atom is 0.170 e. The third kappa shape index (κ3) is 3.23. The van der Waals surface area contributed by atoms with Crippen molar-refractivity contribution >= 4 is 17.3 Å². The molecule has 0 radical (unpaired) electrons. The van der Waals surface area contributed by atoms with Crippen molar-refractivity contribution in [3.8, 4) is 5.69 Å². The molecule has 1 aliphatic heterocycles. The van der Waals surface area contributed by atoms with Gasteiger partial charge in [0, 0.05) is 29.8 Å². The van der Waals surface area contributed by atoms with E-state index in [9.17, 15) is 0 Å². The maximum absolute atomic E-state index is 5.70. The number of aromatic nitrogens is 2. The van der Waals surface area contributed by atoms with Crippen LogP contribution in [0.1, 0.15) is 42.5 Å². The average molecular weight is 377 g/mol. The molecule has 2 atom stereocenters. The van der Waals surface area contributed by atoms with Crippen molar-refractivity contribution in [3.63, 3.8) is 0 Å². The topological polar surface area (TPSA) is 33.1 Å². The molecule has 4 nitrogen and oxygen atoms in total. The van der Waals surface area contributed by atoms with Crippen LogP contribution in [0.2, 0.25) is 0 Å². The summed E-state index contributed by atoms with van der Waals surface area (Å²) < 4.78 is 2.33. The number of rotatable bonds is 5. The van der Waals surface area contributed by atoms with Crippen LogP contribution in [0.15, 0.2) is 66.9 Å². The Hall–Kier alpha value is -2.66. The van der Waals surface area contributed by atoms with Crippen molar-refractivity contribution in [2.45, 2.75) is 32.4 Å². The molecule has 0 spiro atoms. The van der Waals surface area contributed by atoms with E-state index in [-0.39, 0.29) is 12.1 Å². The van der Waals surface area contributed by atoms with Crippen molar-refractivity contribution in [1.29, 1.82) is 0 Å². The standard InChI is InChI=1S/C22H24N4S/c1-3-15-25-21(20(24-22(25)27)18-11-7-8-14-23-18)19-13-12-16(2)26(19)17-9-5-4-6-10-17/h4-14,20-21H,3,15H2,1-2H3,(H,24,27)/t20-,21+/m1/s1. The number of aryl methyl sites for hydroxylation is 1. The highest BCUT2D eigenvalue weighted by Gasteiger charge is 2.41. The highest BCUT2D eigenvalue weighted by atomic mass is 32.1. The van der Waals surface area contributed by atoms with Crippen molar-refractivity contribution in [2.24, 2.45) is 0 Å². The van der Waals surface area contributed by atoms with Gasteiger partial charge in [-0.2, -0.15) is 0 Å². The van der Waals surface area contributed by atoms with E-state index < -0.39 is 0 Å². The van der Waals surface area contributed by atoms with Crippen molar-refractivity contribution in [1.82, 2.24) is 19.8 Å². The van der Waals surface area contributed by atoms with Gasteiger partial charge in [0.2, 0.25) is 0 Å². The van der Waals surface area contributed by atoms with Gasteiger partial charge in [-0.1, -0.05) is 31.2 Å². The number of pyridine rings is 1. The Morgan fingerprint density at radius 1 is 1.04 bits per heavy atom. The van der Waals surface area contributed by atoms with Crippen molar-refractivity contribution < 1.29 is 0 Å². The molecule has 1 fully saturated rings. The molecule has 5 heteroatoms. The van der Waals surface area contributed by atoms with Crippen molar-refractivity contribution in [2.75, 3.05) is 6.54 Å². The van der Waals surface area contributed by atoms with Gasteiger partial charge < -0.3 is 14.8 Å². The monoisotopic (exact) mass is 376 g/mol. The lowest BCUT2D eigenvalue weighted by atomic mass is 10.0. The third-order valence-electron chi connectivity index (χ3n) is 5.09. The summed E-state index contributed by atoms with van der Waals surface area (Å²) in [5.41, 5.74) is 4.63. The number of benzene rings is 1. The van der Waals surface area contributed by atoms with Gasteiger partial charge in [0.1, 0.15) is 0 Å². The van der Waals surface area contributed by atoms with Crippen LogP contribution in [0, 0.1) is 6.92 Å². The molecule has 1 aliphatic rings. The van der Waals surface area contributed by atoms with Gasteiger partial charge in [-0.25, -0.2) is 0 Å². The Morgan fingerprint density at radius 3 is 2.52 bits per heavy atom. The Labute approximate surface area is 165 Å². The zero-order chi connectivity index (χ0) is 18.8. The van der Waals surface area contributed by atoms with Crippen LogP contribution in [-0.2, 0) is 0 Å². The van der Waals surface area contributed by atoms with Crippen LogP contribution in [0.25, 0.3) is 5.69 Å². The quantitative estimate of drug-likeness (QED) is 0.662. The molecular weight excluding hydrogens is 352 g/mol. The predicted molar refractivity (Wildman–Crippen MR) is 113 cm³/mol. The molecular formula is C22H24N4S. The van der Waals surface area contributed by atoms with Crippen LogP contribution in [0.5, 0.6) is 0 Å². The van der Waals surface area contributed by atoms with E-state index in [0.29, 0.717) is 0 Å². The molecule has 27 heavy (non-hydrogen) atoms. The first-order valence-corrected chi connectivity index (χ1v) is 9.83. The minimum Gasteiger partial charge on any atom is -0.352 e. The fourth-order valence-corrected chi connectivity index (χ4v) is 4.26. The Morgan fingerprint density at radius 2 is 1.81 bits per heavy atom. The molecule has 1 aromatic carbocycles. The molecule has 0 bridgehead atoms. The second kappa shape index (κ2) is 7.53. The lowest BCUT2D eigenvalue weighted by Gasteiger charge is -2.29. The van der Waals surface area contributed by atoms with E-state index in [1.165, 1.54) is 17.1 Å². The number of para-hydroxylation sites is 1. The van der Waals surface area contributed by atoms with Crippen LogP contribution in [-0.4, -0.2) is 26.1 Å². The molecule has 3 aromatic rings. The number of thiocarbonyl (C=S) groups is 1. The fraction of sp³-hybridized carbons (Fsp3) is 0.273. The second-order valence-electron chi connectivity index (χ2n) is 6.89. The van der Waals surface area contributed by atoms with Gasteiger partial charge in [0.05, 0.1) is 17.8 Å². The summed E-state index contributed by atoms with van der Waals surface area (Å²) in [5.74, 6) is 0. The molecule has 138 valence electrons. The summed E-state index contributed by atoms with van der Waals surface area (Å²) in [4.78, 5) is 6.93. The normalized spacial score (nSPS) is 19.3. The first kappa shape index (κ1) is 17.7. The van der Waals surface area contributed by atoms with Gasteiger partial charge in [-0.3, -0.25) is 4.98 Å². The van der Waals surface area contributed by atoms with E-state index in [0.717, 1.165) is 23.8 Å². The van der Waals surface area contributed by atoms with E-state index in [1.807, 2.05) is 24.4 Å². The summed E-state index contributed by atoms with van der Waals surface area (Å²) in [6, 6.07) is 21.1. The first-order chi connectivity index (χ1) is 13.2. The summed E-state index contributed by atoms with van der Waals surface area (Å²) in [6.45, 7) is 5.26. The predicted octanol–water partition coefficient (Wildman–Crippen LogP) is 4.56. The van der Waals surface area contributed by atoms with E-state index >= 15 is 0 Å². The highest BCUT2D eigenvalue weighted by Crippen LogP contribution is 2.40. The Kier molecular flexibility index (Phi) is 4.94. The summed E-state index contributed by atoms with van der Waals surface area (Å²) in [6.07, 6.45) is 2.89. The van der Waals surface area contributed by atoms with E-state index in [2.05, 4.69) is 76.1 Å². The Balaban J connectivity index is 1.85. The molecule has 2 aromatic heterocycles. The van der Waals surface area contributed by atoms with Gasteiger partial charge in [0.25, 0.3) is 0 Å². The van der Waals surface area contributed by atoms with E-state index in [1.54, 1.807) is 0 Å². The fourth-order valence-electron chi connectivity index (χ4n) is 3.93. The molecule has 1 saturated heterocycles. The molecule has 0 saturated carbocycles. The summed E-state index contributed by atoms with van der Waals surface area (Å²) in [5, 5.41) is 4.32. The molecule has 0 amide bonds. The first-order valence-electron chi connectivity index (χ1n) is 9.42. The largest absolute Gasteiger partial charge is 0.352 e. The lowest BCUT2D eigenvalue weighted by molar-refractivity contribution is 0.308. The van der Waals surface area contributed by atoms with Crippen LogP contribution >= 0.6 is 12.2 Å². The SMILES string of the molecule is CCCN1C(=S)N[C@H](c2ccccn2)[C@@H]1c1ccc(C)n1-c1ccccc1. The smallest absolute Gasteiger partial charge is 0.170 e. The van der Waals surface area contributed by atoms with Gasteiger partial charge in [-0.05, 0) is 62.0 Å². The van der Waals surface area contributed by atoms with Crippen LogP contribution < -0.4 is 5.32 Å². The van der Waals surface area contributed by atoms with Crippen LogP contribution in [0.3, 0.4) is 0 Å². The summed E-state index contributed by atoms with van der Waals surface area (Å²) in [7, 11) is 0. The zero-order valence-corrected chi connectivity index (χ0v) is 16.5. The number of hydrogen-bond donors (Lipinski definition) is 1. The molecule has 4 rings (SSSR count). The second-order valence-corrected chi connectivity index (χ2v) is 7.28. The van der Waals surface area contributed by atoms with Crippen LogP contribution in [0.4, 0.5) is 0 Å². The molecule has 0 aliphatic carbocycles. The third-order valence-corrected chi connectivity index (χ3v) is 5.44. The maximum atomic E-state index is 5.70. The Bertz CT molecular complexity index is 920. The number of nitrogens with zero attached hydrogens (tertiary/aromatic N) is 3. The van der Waals surface area contributed by atoms with E-state index in [4.69, 9.17) is 12.2 Å².